The van der Waals surface area contributed by atoms with E-state index in [4.69, 9.17) is 31.3 Å². The van der Waals surface area contributed by atoms with Crippen LogP contribution >= 0.6 is 11.6 Å². The van der Waals surface area contributed by atoms with Crippen molar-refractivity contribution in [1.82, 2.24) is 10.1 Å². The lowest BCUT2D eigenvalue weighted by molar-refractivity contribution is 0.170. The average molecular weight is 296 g/mol. The Kier molecular flexibility index (Phi) is 3.50. The van der Waals surface area contributed by atoms with Crippen LogP contribution in [0.4, 0.5) is 0 Å². The molecule has 2 N–H and O–H groups in total. The van der Waals surface area contributed by atoms with Gasteiger partial charge < -0.3 is 19.7 Å². The van der Waals surface area contributed by atoms with Crippen molar-refractivity contribution in [2.24, 2.45) is 5.73 Å². The topological polar surface area (TPSA) is 83.4 Å². The number of benzene rings is 1. The molecule has 6 nitrogen and oxygen atoms in total. The van der Waals surface area contributed by atoms with Gasteiger partial charge in [-0.3, -0.25) is 0 Å². The Labute approximate surface area is 120 Å². The maximum Gasteiger partial charge on any atom is 0.240 e. The van der Waals surface area contributed by atoms with Gasteiger partial charge in [0, 0.05) is 11.1 Å². The van der Waals surface area contributed by atoms with Gasteiger partial charge in [0.2, 0.25) is 11.7 Å². The van der Waals surface area contributed by atoms with E-state index >= 15 is 0 Å². The molecule has 0 fully saturated rings. The molecule has 1 aliphatic rings. The van der Waals surface area contributed by atoms with Gasteiger partial charge in [-0.2, -0.15) is 4.98 Å². The molecule has 1 aliphatic heterocycles. The lowest BCUT2D eigenvalue weighted by Gasteiger charge is -2.23. The van der Waals surface area contributed by atoms with Crippen LogP contribution < -0.4 is 15.2 Å². The number of aromatic nitrogens is 2. The van der Waals surface area contributed by atoms with E-state index in [1.165, 1.54) is 0 Å². The first kappa shape index (κ1) is 13.2. The third-order valence-electron chi connectivity index (χ3n) is 3.11. The summed E-state index contributed by atoms with van der Waals surface area (Å²) in [6.07, 6.45) is 0.741. The van der Waals surface area contributed by atoms with Crippen LogP contribution in [0.5, 0.6) is 11.5 Å². The quantitative estimate of drug-likeness (QED) is 0.934. The Hall–Kier alpha value is -1.79. The minimum Gasteiger partial charge on any atom is -0.486 e. The number of rotatable bonds is 3. The highest BCUT2D eigenvalue weighted by atomic mass is 35.5. The van der Waals surface area contributed by atoms with Crippen LogP contribution in [-0.2, 0) is 13.0 Å². The van der Waals surface area contributed by atoms with E-state index in [1.807, 2.05) is 6.92 Å². The highest BCUT2D eigenvalue weighted by molar-refractivity contribution is 6.32. The van der Waals surface area contributed by atoms with Crippen molar-refractivity contribution in [3.05, 3.63) is 22.5 Å². The molecule has 0 spiro atoms. The Bertz CT molecular complexity index is 642. The Morgan fingerprint density at radius 2 is 2.05 bits per heavy atom. The monoisotopic (exact) mass is 295 g/mol. The molecular weight excluding hydrogens is 282 g/mol. The lowest BCUT2D eigenvalue weighted by atomic mass is 10.0. The summed E-state index contributed by atoms with van der Waals surface area (Å²) in [6.45, 7) is 3.22. The maximum absolute atomic E-state index is 6.25. The van der Waals surface area contributed by atoms with Crippen LogP contribution in [-0.4, -0.2) is 23.4 Å². The number of hydrogen-bond donors (Lipinski definition) is 1. The van der Waals surface area contributed by atoms with Crippen LogP contribution in [0.3, 0.4) is 0 Å². The largest absolute Gasteiger partial charge is 0.486 e. The molecule has 1 aromatic carbocycles. The second-order valence-corrected chi connectivity index (χ2v) is 4.72. The van der Waals surface area contributed by atoms with Crippen molar-refractivity contribution in [2.75, 3.05) is 13.2 Å². The molecule has 0 atom stereocenters. The number of nitrogens with two attached hydrogens (primary N) is 1. The van der Waals surface area contributed by atoms with Gasteiger partial charge in [-0.05, 0) is 12.5 Å². The fourth-order valence-corrected chi connectivity index (χ4v) is 2.47. The molecule has 0 unspecified atom stereocenters. The third-order valence-corrected chi connectivity index (χ3v) is 3.39. The average Bonchev–Trinajstić information content (AvgIpc) is 2.96. The van der Waals surface area contributed by atoms with Gasteiger partial charge in [-0.25, -0.2) is 0 Å². The predicted molar refractivity (Wildman–Crippen MR) is 73.0 cm³/mol. The molecule has 0 saturated heterocycles. The van der Waals surface area contributed by atoms with E-state index in [0.717, 1.165) is 17.5 Å². The van der Waals surface area contributed by atoms with E-state index in [1.54, 1.807) is 6.07 Å². The molecule has 2 heterocycles. The summed E-state index contributed by atoms with van der Waals surface area (Å²) in [5.41, 5.74) is 7.22. The molecule has 0 bridgehead atoms. The molecule has 2 aromatic rings. The molecule has 3 rings (SSSR count). The molecule has 0 aliphatic carbocycles. The summed E-state index contributed by atoms with van der Waals surface area (Å²) in [7, 11) is 0. The van der Waals surface area contributed by atoms with E-state index in [0.29, 0.717) is 41.5 Å². The van der Waals surface area contributed by atoms with Crippen LogP contribution in [0.25, 0.3) is 11.4 Å². The summed E-state index contributed by atoms with van der Waals surface area (Å²) in [4.78, 5) is 4.24. The van der Waals surface area contributed by atoms with Gasteiger partial charge >= 0.3 is 0 Å². The standard InChI is InChI=1S/C13H14ClN3O3/c1-2-7-8(13-16-10(6-15)20-17-13)5-9(14)12-11(7)18-3-4-19-12/h5H,2-4,6,15H2,1H3. The maximum atomic E-state index is 6.25. The number of fused-ring (bicyclic) bond motifs is 1. The fourth-order valence-electron chi connectivity index (χ4n) is 2.22. The first-order chi connectivity index (χ1) is 9.74. The van der Waals surface area contributed by atoms with Crippen LogP contribution in [0.2, 0.25) is 5.02 Å². The first-order valence-electron chi connectivity index (χ1n) is 6.38. The van der Waals surface area contributed by atoms with Crippen molar-refractivity contribution in [2.45, 2.75) is 19.9 Å². The fraction of sp³-hybridized carbons (Fsp3) is 0.385. The molecule has 7 heteroatoms. The normalized spacial score (nSPS) is 13.6. The van der Waals surface area contributed by atoms with Crippen molar-refractivity contribution in [1.29, 1.82) is 0 Å². The summed E-state index contributed by atoms with van der Waals surface area (Å²) in [5, 5.41) is 4.41. The van der Waals surface area contributed by atoms with Gasteiger partial charge in [0.05, 0.1) is 11.6 Å². The van der Waals surface area contributed by atoms with Gasteiger partial charge in [-0.1, -0.05) is 23.7 Å². The second kappa shape index (κ2) is 5.30. The molecule has 0 saturated carbocycles. The van der Waals surface area contributed by atoms with E-state index in [2.05, 4.69) is 10.1 Å². The highest BCUT2D eigenvalue weighted by Gasteiger charge is 2.24. The number of ether oxygens (including phenoxy) is 2. The van der Waals surface area contributed by atoms with Gasteiger partial charge in [0.25, 0.3) is 0 Å². The smallest absolute Gasteiger partial charge is 0.240 e. The summed E-state index contributed by atoms with van der Waals surface area (Å²) in [6, 6.07) is 1.78. The van der Waals surface area contributed by atoms with Crippen molar-refractivity contribution < 1.29 is 14.0 Å². The molecule has 1 aromatic heterocycles. The van der Waals surface area contributed by atoms with Gasteiger partial charge in [0.1, 0.15) is 13.2 Å². The summed E-state index contributed by atoms with van der Waals surface area (Å²) in [5.74, 6) is 2.09. The zero-order chi connectivity index (χ0) is 14.1. The first-order valence-corrected chi connectivity index (χ1v) is 6.76. The van der Waals surface area contributed by atoms with Gasteiger partial charge in [-0.15, -0.1) is 0 Å². The van der Waals surface area contributed by atoms with E-state index in [-0.39, 0.29) is 6.54 Å². The highest BCUT2D eigenvalue weighted by Crippen LogP contribution is 2.44. The minimum atomic E-state index is 0.201. The number of nitrogens with zero attached hydrogens (tertiary/aromatic N) is 2. The Morgan fingerprint density at radius 3 is 2.70 bits per heavy atom. The molecule has 0 radical (unpaired) electrons. The SMILES string of the molecule is CCc1c(-c2noc(CN)n2)cc(Cl)c2c1OCCO2. The zero-order valence-corrected chi connectivity index (χ0v) is 11.7. The van der Waals surface area contributed by atoms with Crippen molar-refractivity contribution in [3.63, 3.8) is 0 Å². The molecule has 0 amide bonds. The van der Waals surface area contributed by atoms with Crippen LogP contribution in [0.15, 0.2) is 10.6 Å². The summed E-state index contributed by atoms with van der Waals surface area (Å²) < 4.78 is 16.3. The van der Waals surface area contributed by atoms with Gasteiger partial charge in [0.15, 0.2) is 11.5 Å². The zero-order valence-electron chi connectivity index (χ0n) is 11.0. The van der Waals surface area contributed by atoms with Crippen molar-refractivity contribution >= 4 is 11.6 Å². The third kappa shape index (κ3) is 2.10. The van der Waals surface area contributed by atoms with Crippen LogP contribution in [0, 0.1) is 0 Å². The van der Waals surface area contributed by atoms with Crippen molar-refractivity contribution in [3.8, 4) is 22.9 Å². The molecule has 20 heavy (non-hydrogen) atoms. The predicted octanol–water partition coefficient (Wildman–Crippen LogP) is 2.18. The number of halogens is 1. The minimum absolute atomic E-state index is 0.201. The second-order valence-electron chi connectivity index (χ2n) is 4.31. The lowest BCUT2D eigenvalue weighted by Crippen LogP contribution is -2.17. The molecular formula is C13H14ClN3O3. The van der Waals surface area contributed by atoms with E-state index < -0.39 is 0 Å². The Balaban J connectivity index is 2.17. The summed E-state index contributed by atoms with van der Waals surface area (Å²) >= 11 is 6.25. The Morgan fingerprint density at radius 1 is 1.30 bits per heavy atom. The molecule has 106 valence electrons. The van der Waals surface area contributed by atoms with E-state index in [9.17, 15) is 0 Å². The van der Waals surface area contributed by atoms with Crippen LogP contribution in [0.1, 0.15) is 18.4 Å². The number of hydrogen-bond acceptors (Lipinski definition) is 6.